The normalized spacial score (nSPS) is 19.6. The van der Waals surface area contributed by atoms with E-state index < -0.39 is 0 Å². The number of carbonyl (C=O) groups is 1. The summed E-state index contributed by atoms with van der Waals surface area (Å²) in [5, 5.41) is 10.7. The van der Waals surface area contributed by atoms with Crippen LogP contribution in [-0.4, -0.2) is 40.1 Å². The van der Waals surface area contributed by atoms with Gasteiger partial charge in [0.05, 0.1) is 22.9 Å². The Labute approximate surface area is 130 Å². The molecule has 0 radical (unpaired) electrons. The topological polar surface area (TPSA) is 53.4 Å². The molecule has 2 atom stereocenters. The van der Waals surface area contributed by atoms with E-state index in [4.69, 9.17) is 0 Å². The number of rotatable bonds is 2. The molecule has 22 heavy (non-hydrogen) atoms. The molecule has 1 aliphatic heterocycles. The highest BCUT2D eigenvalue weighted by molar-refractivity contribution is 5.98. The predicted octanol–water partition coefficient (Wildman–Crippen LogP) is 2.69. The molecule has 2 heterocycles. The van der Waals surface area contributed by atoms with Crippen LogP contribution in [0.25, 0.3) is 10.9 Å². The zero-order valence-corrected chi connectivity index (χ0v) is 13.3. The predicted molar refractivity (Wildman–Crippen MR) is 86.9 cm³/mol. The molecular weight excluding hydrogens is 276 g/mol. The van der Waals surface area contributed by atoms with Crippen LogP contribution in [0.2, 0.25) is 0 Å². The Morgan fingerprint density at radius 2 is 2.14 bits per heavy atom. The SMILES string of the molecule is Cc1ccc2cc(C(=O)N3CCC(C(C)O)C3)c(C)nc2c1. The van der Waals surface area contributed by atoms with E-state index in [0.29, 0.717) is 18.7 Å². The number of benzene rings is 1. The molecule has 1 saturated heterocycles. The number of hydrogen-bond acceptors (Lipinski definition) is 3. The number of nitrogens with zero attached hydrogens (tertiary/aromatic N) is 2. The van der Waals surface area contributed by atoms with Gasteiger partial charge in [-0.25, -0.2) is 0 Å². The lowest BCUT2D eigenvalue weighted by atomic mass is 10.0. The number of aryl methyl sites for hydroxylation is 2. The van der Waals surface area contributed by atoms with Crippen molar-refractivity contribution >= 4 is 16.8 Å². The third kappa shape index (κ3) is 2.71. The lowest BCUT2D eigenvalue weighted by Crippen LogP contribution is -2.31. The van der Waals surface area contributed by atoms with Crippen LogP contribution in [0.1, 0.15) is 35.0 Å². The largest absolute Gasteiger partial charge is 0.393 e. The van der Waals surface area contributed by atoms with Gasteiger partial charge in [0, 0.05) is 24.4 Å². The number of carbonyl (C=O) groups excluding carboxylic acids is 1. The first-order valence-electron chi connectivity index (χ1n) is 7.81. The van der Waals surface area contributed by atoms with Gasteiger partial charge in [-0.2, -0.15) is 0 Å². The fourth-order valence-electron chi connectivity index (χ4n) is 3.13. The lowest BCUT2D eigenvalue weighted by Gasteiger charge is -2.19. The Hall–Kier alpha value is -1.94. The molecular formula is C18H22N2O2. The lowest BCUT2D eigenvalue weighted by molar-refractivity contribution is 0.0761. The van der Waals surface area contributed by atoms with E-state index in [0.717, 1.165) is 28.6 Å². The number of aromatic nitrogens is 1. The van der Waals surface area contributed by atoms with Gasteiger partial charge < -0.3 is 10.0 Å². The van der Waals surface area contributed by atoms with Crippen molar-refractivity contribution in [3.63, 3.8) is 0 Å². The zero-order valence-electron chi connectivity index (χ0n) is 13.3. The molecule has 1 fully saturated rings. The van der Waals surface area contributed by atoms with Gasteiger partial charge in [-0.05, 0) is 44.9 Å². The Morgan fingerprint density at radius 1 is 1.36 bits per heavy atom. The summed E-state index contributed by atoms with van der Waals surface area (Å²) in [5.41, 5.74) is 3.53. The Bertz CT molecular complexity index is 724. The van der Waals surface area contributed by atoms with Crippen molar-refractivity contribution in [2.24, 2.45) is 5.92 Å². The quantitative estimate of drug-likeness (QED) is 0.927. The monoisotopic (exact) mass is 298 g/mol. The van der Waals surface area contributed by atoms with Gasteiger partial charge in [0.2, 0.25) is 0 Å². The maximum absolute atomic E-state index is 12.8. The van der Waals surface area contributed by atoms with Crippen molar-refractivity contribution < 1.29 is 9.90 Å². The third-order valence-corrected chi connectivity index (χ3v) is 4.59. The van der Waals surface area contributed by atoms with E-state index in [1.807, 2.05) is 43.0 Å². The fraction of sp³-hybridized carbons (Fsp3) is 0.444. The van der Waals surface area contributed by atoms with Crippen molar-refractivity contribution in [3.8, 4) is 0 Å². The number of amides is 1. The van der Waals surface area contributed by atoms with Crippen LogP contribution >= 0.6 is 0 Å². The van der Waals surface area contributed by atoms with Crippen LogP contribution in [0.3, 0.4) is 0 Å². The fourth-order valence-corrected chi connectivity index (χ4v) is 3.13. The second-order valence-corrected chi connectivity index (χ2v) is 6.36. The minimum Gasteiger partial charge on any atom is -0.393 e. The summed E-state index contributed by atoms with van der Waals surface area (Å²) in [6.45, 7) is 7.05. The first-order valence-corrected chi connectivity index (χ1v) is 7.81. The molecule has 1 aromatic heterocycles. The minimum atomic E-state index is -0.364. The van der Waals surface area contributed by atoms with Crippen LogP contribution < -0.4 is 0 Å². The maximum Gasteiger partial charge on any atom is 0.255 e. The molecule has 0 spiro atoms. The summed E-state index contributed by atoms with van der Waals surface area (Å²) in [6, 6.07) is 8.02. The number of likely N-dealkylation sites (tertiary alicyclic amines) is 1. The summed E-state index contributed by atoms with van der Waals surface area (Å²) in [5.74, 6) is 0.205. The van der Waals surface area contributed by atoms with Crippen molar-refractivity contribution in [1.29, 1.82) is 0 Å². The van der Waals surface area contributed by atoms with Crippen molar-refractivity contribution in [1.82, 2.24) is 9.88 Å². The molecule has 116 valence electrons. The average Bonchev–Trinajstić information content (AvgIpc) is 2.95. The standard InChI is InChI=1S/C18H22N2O2/c1-11-4-5-14-9-16(12(2)19-17(14)8-11)18(22)20-7-6-15(10-20)13(3)21/h4-5,8-9,13,15,21H,6-7,10H2,1-3H3. The van der Waals surface area contributed by atoms with Crippen LogP contribution in [0.4, 0.5) is 0 Å². The highest BCUT2D eigenvalue weighted by atomic mass is 16.3. The van der Waals surface area contributed by atoms with Crippen LogP contribution in [-0.2, 0) is 0 Å². The van der Waals surface area contributed by atoms with Crippen LogP contribution in [0, 0.1) is 19.8 Å². The van der Waals surface area contributed by atoms with Gasteiger partial charge in [0.1, 0.15) is 0 Å². The molecule has 1 aromatic carbocycles. The van der Waals surface area contributed by atoms with Crippen molar-refractivity contribution in [2.45, 2.75) is 33.3 Å². The van der Waals surface area contributed by atoms with E-state index in [9.17, 15) is 9.90 Å². The third-order valence-electron chi connectivity index (χ3n) is 4.59. The highest BCUT2D eigenvalue weighted by Crippen LogP contribution is 2.24. The van der Waals surface area contributed by atoms with Gasteiger partial charge >= 0.3 is 0 Å². The first kappa shape index (κ1) is 15.0. The zero-order chi connectivity index (χ0) is 15.9. The summed E-state index contributed by atoms with van der Waals surface area (Å²) >= 11 is 0. The molecule has 1 aliphatic rings. The number of aliphatic hydroxyl groups is 1. The van der Waals surface area contributed by atoms with Gasteiger partial charge in [0.25, 0.3) is 5.91 Å². The van der Waals surface area contributed by atoms with E-state index in [1.165, 1.54) is 0 Å². The van der Waals surface area contributed by atoms with E-state index in [1.54, 1.807) is 6.92 Å². The second kappa shape index (κ2) is 5.69. The molecule has 0 bridgehead atoms. The molecule has 1 N–H and O–H groups in total. The van der Waals surface area contributed by atoms with Crippen molar-refractivity contribution in [2.75, 3.05) is 13.1 Å². The van der Waals surface area contributed by atoms with Gasteiger partial charge in [-0.1, -0.05) is 12.1 Å². The molecule has 4 nitrogen and oxygen atoms in total. The van der Waals surface area contributed by atoms with Gasteiger partial charge in [0.15, 0.2) is 0 Å². The van der Waals surface area contributed by atoms with Crippen LogP contribution in [0.15, 0.2) is 24.3 Å². The molecule has 2 unspecified atom stereocenters. The second-order valence-electron chi connectivity index (χ2n) is 6.36. The average molecular weight is 298 g/mol. The van der Waals surface area contributed by atoms with E-state index >= 15 is 0 Å². The number of fused-ring (bicyclic) bond motifs is 1. The molecule has 2 aromatic rings. The van der Waals surface area contributed by atoms with E-state index in [2.05, 4.69) is 4.98 Å². The Morgan fingerprint density at radius 3 is 2.82 bits per heavy atom. The molecule has 3 rings (SSSR count). The number of hydrogen-bond donors (Lipinski definition) is 1. The van der Waals surface area contributed by atoms with Gasteiger partial charge in [-0.15, -0.1) is 0 Å². The van der Waals surface area contributed by atoms with Crippen molar-refractivity contribution in [3.05, 3.63) is 41.1 Å². The molecule has 1 amide bonds. The van der Waals surface area contributed by atoms with Crippen LogP contribution in [0.5, 0.6) is 0 Å². The number of pyridine rings is 1. The van der Waals surface area contributed by atoms with Gasteiger partial charge in [-0.3, -0.25) is 9.78 Å². The Kier molecular flexibility index (Phi) is 3.87. The minimum absolute atomic E-state index is 0.0237. The first-order chi connectivity index (χ1) is 10.5. The summed E-state index contributed by atoms with van der Waals surface area (Å²) in [6.07, 6.45) is 0.499. The molecule has 0 aliphatic carbocycles. The summed E-state index contributed by atoms with van der Waals surface area (Å²) < 4.78 is 0. The highest BCUT2D eigenvalue weighted by Gasteiger charge is 2.30. The smallest absolute Gasteiger partial charge is 0.255 e. The molecule has 0 saturated carbocycles. The summed E-state index contributed by atoms with van der Waals surface area (Å²) in [7, 11) is 0. The van der Waals surface area contributed by atoms with E-state index in [-0.39, 0.29) is 17.9 Å². The maximum atomic E-state index is 12.8. The number of aliphatic hydroxyl groups excluding tert-OH is 1. The summed E-state index contributed by atoms with van der Waals surface area (Å²) in [4.78, 5) is 19.2. The molecule has 4 heteroatoms. The Balaban J connectivity index is 1.91.